The Morgan fingerprint density at radius 3 is 2.64 bits per heavy atom. The second kappa shape index (κ2) is 4.52. The first-order valence-corrected chi connectivity index (χ1v) is 3.58. The molecule has 4 heteroatoms. The van der Waals surface area contributed by atoms with E-state index in [0.29, 0.717) is 0 Å². The van der Waals surface area contributed by atoms with Gasteiger partial charge in [-0.15, -0.1) is 12.4 Å². The van der Waals surface area contributed by atoms with Crippen molar-refractivity contribution >= 4 is 24.0 Å². The van der Waals surface area contributed by atoms with Crippen LogP contribution in [0.4, 0.5) is 0 Å². The average Bonchev–Trinajstić information content (AvgIpc) is 2.34. The predicted octanol–water partition coefficient (Wildman–Crippen LogP) is 1.84. The zero-order valence-corrected chi connectivity index (χ0v) is 7.98. The minimum absolute atomic E-state index is 0. The molecular formula is C7H12Cl2N2. The molecule has 64 valence electrons. The zero-order valence-electron chi connectivity index (χ0n) is 6.40. The smallest absolute Gasteiger partial charge is 0.123 e. The van der Waals surface area contributed by atoms with E-state index in [1.807, 2.05) is 24.3 Å². The predicted molar refractivity (Wildman–Crippen MR) is 50.7 cm³/mol. The second-order valence-electron chi connectivity index (χ2n) is 2.32. The first-order chi connectivity index (χ1) is 4.74. The van der Waals surface area contributed by atoms with Crippen molar-refractivity contribution in [3.8, 4) is 0 Å². The zero-order chi connectivity index (χ0) is 7.56. The van der Waals surface area contributed by atoms with Crippen LogP contribution in [0.1, 0.15) is 0 Å². The molecule has 0 aromatic heterocycles. The molecular weight excluding hydrogens is 183 g/mol. The van der Waals surface area contributed by atoms with E-state index in [-0.39, 0.29) is 17.9 Å². The summed E-state index contributed by atoms with van der Waals surface area (Å²) in [5, 5.41) is 0. The number of halogens is 2. The lowest BCUT2D eigenvalue weighted by Crippen LogP contribution is -2.27. The van der Waals surface area contributed by atoms with E-state index in [1.165, 1.54) is 0 Å². The fourth-order valence-electron chi connectivity index (χ4n) is 0.847. The van der Waals surface area contributed by atoms with Crippen LogP contribution in [0.25, 0.3) is 0 Å². The molecule has 1 aliphatic rings. The van der Waals surface area contributed by atoms with Gasteiger partial charge in [0.15, 0.2) is 0 Å². The summed E-state index contributed by atoms with van der Waals surface area (Å²) in [7, 11) is 2.00. The van der Waals surface area contributed by atoms with Gasteiger partial charge in [-0.3, -0.25) is 0 Å². The lowest BCUT2D eigenvalue weighted by atomic mass is 10.5. The maximum absolute atomic E-state index is 5.87. The van der Waals surface area contributed by atoms with Crippen molar-refractivity contribution in [1.82, 2.24) is 9.80 Å². The maximum atomic E-state index is 5.87. The Kier molecular flexibility index (Phi) is 4.38. The highest BCUT2D eigenvalue weighted by atomic mass is 35.5. The molecule has 0 fully saturated rings. The SMILES string of the molecule is C=CC(Cl)N1C=CN(C)C1.Cl. The summed E-state index contributed by atoms with van der Waals surface area (Å²) in [6, 6.07) is 0. The molecule has 0 saturated heterocycles. The normalized spacial score (nSPS) is 18.0. The summed E-state index contributed by atoms with van der Waals surface area (Å²) in [5.74, 6) is 0. The van der Waals surface area contributed by atoms with Crippen molar-refractivity contribution in [2.45, 2.75) is 5.50 Å². The van der Waals surface area contributed by atoms with Crippen molar-refractivity contribution in [1.29, 1.82) is 0 Å². The van der Waals surface area contributed by atoms with Crippen LogP contribution in [0.5, 0.6) is 0 Å². The van der Waals surface area contributed by atoms with Crippen LogP contribution < -0.4 is 0 Å². The van der Waals surface area contributed by atoms with Crippen LogP contribution >= 0.6 is 24.0 Å². The van der Waals surface area contributed by atoms with Crippen molar-refractivity contribution in [2.75, 3.05) is 13.7 Å². The molecule has 0 aromatic carbocycles. The largest absolute Gasteiger partial charge is 0.362 e. The highest BCUT2D eigenvalue weighted by Crippen LogP contribution is 2.11. The van der Waals surface area contributed by atoms with Gasteiger partial charge in [0.2, 0.25) is 0 Å². The molecule has 0 aliphatic carbocycles. The van der Waals surface area contributed by atoms with Gasteiger partial charge in [-0.2, -0.15) is 0 Å². The van der Waals surface area contributed by atoms with E-state index in [4.69, 9.17) is 11.6 Å². The Morgan fingerprint density at radius 1 is 1.64 bits per heavy atom. The van der Waals surface area contributed by atoms with Crippen LogP contribution in [0.2, 0.25) is 0 Å². The van der Waals surface area contributed by atoms with E-state index in [9.17, 15) is 0 Å². The third-order valence-electron chi connectivity index (χ3n) is 1.41. The molecule has 0 amide bonds. The van der Waals surface area contributed by atoms with Gasteiger partial charge in [0.1, 0.15) is 5.50 Å². The molecule has 2 nitrogen and oxygen atoms in total. The molecule has 0 aromatic rings. The van der Waals surface area contributed by atoms with Gasteiger partial charge >= 0.3 is 0 Å². The summed E-state index contributed by atoms with van der Waals surface area (Å²) in [4.78, 5) is 4.05. The van der Waals surface area contributed by atoms with Gasteiger partial charge in [0, 0.05) is 19.4 Å². The Labute approximate surface area is 78.5 Å². The monoisotopic (exact) mass is 194 g/mol. The summed E-state index contributed by atoms with van der Waals surface area (Å²) in [5.41, 5.74) is -0.0822. The highest BCUT2D eigenvalue weighted by molar-refractivity contribution is 6.21. The molecule has 1 rings (SSSR count). The standard InChI is InChI=1S/C7H11ClN2.ClH/c1-3-7(8)10-5-4-9(2)6-10;/h3-5,7H,1,6H2,2H3;1H. The molecule has 1 atom stereocenters. The number of hydrogen-bond acceptors (Lipinski definition) is 2. The van der Waals surface area contributed by atoms with E-state index in [0.717, 1.165) is 6.67 Å². The van der Waals surface area contributed by atoms with Gasteiger partial charge < -0.3 is 9.80 Å². The molecule has 11 heavy (non-hydrogen) atoms. The molecule has 0 bridgehead atoms. The van der Waals surface area contributed by atoms with Gasteiger partial charge in [-0.05, 0) is 0 Å². The third kappa shape index (κ3) is 2.64. The van der Waals surface area contributed by atoms with Crippen LogP contribution in [-0.4, -0.2) is 29.0 Å². The van der Waals surface area contributed by atoms with E-state index in [2.05, 4.69) is 11.5 Å². The Balaban J connectivity index is 0.000001000. The molecule has 0 spiro atoms. The van der Waals surface area contributed by atoms with Gasteiger partial charge in [0.05, 0.1) is 6.67 Å². The van der Waals surface area contributed by atoms with Gasteiger partial charge in [-0.1, -0.05) is 24.3 Å². The molecule has 0 radical (unpaired) electrons. The fraction of sp³-hybridized carbons (Fsp3) is 0.429. The number of rotatable bonds is 2. The molecule has 1 unspecified atom stereocenters. The maximum Gasteiger partial charge on any atom is 0.123 e. The average molecular weight is 195 g/mol. The number of nitrogens with zero attached hydrogens (tertiary/aromatic N) is 2. The lowest BCUT2D eigenvalue weighted by Gasteiger charge is -2.20. The van der Waals surface area contributed by atoms with E-state index in [1.54, 1.807) is 6.08 Å². The van der Waals surface area contributed by atoms with Gasteiger partial charge in [-0.25, -0.2) is 0 Å². The van der Waals surface area contributed by atoms with Crippen LogP contribution in [0.3, 0.4) is 0 Å². The third-order valence-corrected chi connectivity index (χ3v) is 1.84. The minimum atomic E-state index is -0.0822. The Hall–Kier alpha value is -0.340. The minimum Gasteiger partial charge on any atom is -0.362 e. The van der Waals surface area contributed by atoms with Crippen molar-refractivity contribution in [2.24, 2.45) is 0 Å². The fourth-order valence-corrected chi connectivity index (χ4v) is 0.974. The van der Waals surface area contributed by atoms with Crippen LogP contribution in [-0.2, 0) is 0 Å². The number of alkyl halides is 1. The second-order valence-corrected chi connectivity index (χ2v) is 2.77. The van der Waals surface area contributed by atoms with Crippen LogP contribution in [0.15, 0.2) is 25.1 Å². The van der Waals surface area contributed by atoms with Crippen molar-refractivity contribution < 1.29 is 0 Å². The first kappa shape index (κ1) is 10.7. The lowest BCUT2D eigenvalue weighted by molar-refractivity contribution is 0.301. The van der Waals surface area contributed by atoms with E-state index >= 15 is 0 Å². The van der Waals surface area contributed by atoms with E-state index < -0.39 is 0 Å². The summed E-state index contributed by atoms with van der Waals surface area (Å²) >= 11 is 5.87. The highest BCUT2D eigenvalue weighted by Gasteiger charge is 2.13. The Morgan fingerprint density at radius 2 is 2.27 bits per heavy atom. The Bertz CT molecular complexity index is 159. The molecule has 1 heterocycles. The summed E-state index contributed by atoms with van der Waals surface area (Å²) in [6.45, 7) is 4.45. The number of hydrogen-bond donors (Lipinski definition) is 0. The quantitative estimate of drug-likeness (QED) is 0.377. The van der Waals surface area contributed by atoms with Crippen molar-refractivity contribution in [3.05, 3.63) is 25.1 Å². The molecule has 0 N–H and O–H groups in total. The molecule has 1 aliphatic heterocycles. The van der Waals surface area contributed by atoms with Crippen molar-refractivity contribution in [3.63, 3.8) is 0 Å². The molecule has 0 saturated carbocycles. The summed E-state index contributed by atoms with van der Waals surface area (Å²) < 4.78 is 0. The summed E-state index contributed by atoms with van der Waals surface area (Å²) in [6.07, 6.45) is 5.66. The van der Waals surface area contributed by atoms with Gasteiger partial charge in [0.25, 0.3) is 0 Å². The topological polar surface area (TPSA) is 6.48 Å². The first-order valence-electron chi connectivity index (χ1n) is 3.15. The van der Waals surface area contributed by atoms with Crippen LogP contribution in [0, 0.1) is 0 Å².